The molecule has 1 atom stereocenters. The van der Waals surface area contributed by atoms with Gasteiger partial charge in [-0.05, 0) is 58.6 Å². The van der Waals surface area contributed by atoms with Crippen LogP contribution in [0.5, 0.6) is 0 Å². The number of hydrogen-bond donors (Lipinski definition) is 1. The van der Waals surface area contributed by atoms with Crippen LogP contribution in [-0.2, 0) is 12.8 Å². The van der Waals surface area contributed by atoms with Gasteiger partial charge in [-0.15, -0.1) is 11.3 Å². The van der Waals surface area contributed by atoms with Crippen LogP contribution < -0.4 is 5.32 Å². The zero-order valence-corrected chi connectivity index (χ0v) is 13.9. The van der Waals surface area contributed by atoms with Crippen LogP contribution in [-0.4, -0.2) is 6.54 Å². The number of hydrogen-bond acceptors (Lipinski definition) is 2. The molecule has 1 heterocycles. The van der Waals surface area contributed by atoms with Crippen molar-refractivity contribution in [1.82, 2.24) is 5.32 Å². The van der Waals surface area contributed by atoms with Crippen LogP contribution in [0.25, 0.3) is 0 Å². The number of nitrogens with one attached hydrogen (secondary N) is 1. The highest BCUT2D eigenvalue weighted by molar-refractivity contribution is 9.11. The molecule has 2 rings (SSSR count). The van der Waals surface area contributed by atoms with Crippen molar-refractivity contribution in [2.24, 2.45) is 0 Å². The van der Waals surface area contributed by atoms with Crippen LogP contribution in [0.15, 0.2) is 40.2 Å². The van der Waals surface area contributed by atoms with Gasteiger partial charge in [0.1, 0.15) is 0 Å². The Balaban J connectivity index is 2.11. The summed E-state index contributed by atoms with van der Waals surface area (Å²) in [6, 6.07) is 13.7. The average molecular weight is 338 g/mol. The molecule has 2 aromatic rings. The molecule has 0 saturated carbocycles. The lowest BCUT2D eigenvalue weighted by atomic mass is 10.0. The Bertz CT molecular complexity index is 504. The molecule has 0 aliphatic heterocycles. The molecule has 102 valence electrons. The van der Waals surface area contributed by atoms with Crippen LogP contribution in [0.2, 0.25) is 0 Å². The van der Waals surface area contributed by atoms with Crippen molar-refractivity contribution < 1.29 is 0 Å². The number of likely N-dealkylation sites (N-methyl/N-ethyl adjacent to an activating group) is 1. The molecule has 1 aromatic heterocycles. The Labute approximate surface area is 128 Å². The van der Waals surface area contributed by atoms with Crippen molar-refractivity contribution in [2.75, 3.05) is 6.54 Å². The minimum Gasteiger partial charge on any atom is -0.309 e. The largest absolute Gasteiger partial charge is 0.309 e. The van der Waals surface area contributed by atoms with E-state index in [9.17, 15) is 0 Å². The molecule has 0 aliphatic rings. The van der Waals surface area contributed by atoms with Crippen molar-refractivity contribution in [3.8, 4) is 0 Å². The smallest absolute Gasteiger partial charge is 0.0701 e. The molecular formula is C16H20BrNS. The molecule has 1 aromatic carbocycles. The van der Waals surface area contributed by atoms with Gasteiger partial charge in [0.25, 0.3) is 0 Å². The monoisotopic (exact) mass is 337 g/mol. The fraction of sp³-hybridized carbons (Fsp3) is 0.375. The quantitative estimate of drug-likeness (QED) is 0.784. The molecule has 1 N–H and O–H groups in total. The van der Waals surface area contributed by atoms with E-state index in [0.29, 0.717) is 6.04 Å². The molecule has 0 saturated heterocycles. The molecule has 1 nitrogen and oxygen atoms in total. The number of thiophene rings is 1. The standard InChI is InChI=1S/C16H20BrNS/c1-3-12-5-7-13(8-6-12)11-14(18-4-2)15-9-10-16(17)19-15/h5-10,14,18H,3-4,11H2,1-2H3. The lowest BCUT2D eigenvalue weighted by Gasteiger charge is -2.16. The van der Waals surface area contributed by atoms with Crippen molar-refractivity contribution in [3.05, 3.63) is 56.2 Å². The van der Waals surface area contributed by atoms with Crippen LogP contribution in [0.3, 0.4) is 0 Å². The second-order valence-electron chi connectivity index (χ2n) is 4.63. The Hall–Kier alpha value is -0.640. The minimum atomic E-state index is 0.411. The van der Waals surface area contributed by atoms with Gasteiger partial charge in [-0.25, -0.2) is 0 Å². The molecule has 0 fully saturated rings. The molecule has 3 heteroatoms. The van der Waals surface area contributed by atoms with Gasteiger partial charge in [0.05, 0.1) is 3.79 Å². The molecule has 0 radical (unpaired) electrons. The van der Waals surface area contributed by atoms with Crippen LogP contribution in [0.4, 0.5) is 0 Å². The van der Waals surface area contributed by atoms with Crippen molar-refractivity contribution in [3.63, 3.8) is 0 Å². The maximum atomic E-state index is 3.58. The van der Waals surface area contributed by atoms with Gasteiger partial charge in [0.2, 0.25) is 0 Å². The SMILES string of the molecule is CCNC(Cc1ccc(CC)cc1)c1ccc(Br)s1. The maximum absolute atomic E-state index is 3.58. The number of aryl methyl sites for hydroxylation is 1. The summed E-state index contributed by atoms with van der Waals surface area (Å²) in [4.78, 5) is 1.40. The first-order valence-corrected chi connectivity index (χ1v) is 8.40. The first kappa shape index (κ1) is 14.8. The zero-order valence-electron chi connectivity index (χ0n) is 11.4. The molecule has 0 aliphatic carbocycles. The van der Waals surface area contributed by atoms with E-state index >= 15 is 0 Å². The van der Waals surface area contributed by atoms with Crippen LogP contribution in [0.1, 0.15) is 35.9 Å². The van der Waals surface area contributed by atoms with E-state index < -0.39 is 0 Å². The lowest BCUT2D eigenvalue weighted by Crippen LogP contribution is -2.22. The Morgan fingerprint density at radius 1 is 1.05 bits per heavy atom. The van der Waals surface area contributed by atoms with E-state index in [1.807, 2.05) is 11.3 Å². The first-order chi connectivity index (χ1) is 9.22. The minimum absolute atomic E-state index is 0.411. The summed E-state index contributed by atoms with van der Waals surface area (Å²) in [5.41, 5.74) is 2.80. The second-order valence-corrected chi connectivity index (χ2v) is 7.12. The van der Waals surface area contributed by atoms with Crippen molar-refractivity contribution >= 4 is 27.3 Å². The highest BCUT2D eigenvalue weighted by Crippen LogP contribution is 2.29. The average Bonchev–Trinajstić information content (AvgIpc) is 2.86. The van der Waals surface area contributed by atoms with E-state index in [1.165, 1.54) is 19.8 Å². The Kier molecular flexibility index (Phi) is 5.61. The maximum Gasteiger partial charge on any atom is 0.0701 e. The summed E-state index contributed by atoms with van der Waals surface area (Å²) in [6.07, 6.45) is 2.15. The summed E-state index contributed by atoms with van der Waals surface area (Å²) in [6.45, 7) is 5.35. The molecule has 19 heavy (non-hydrogen) atoms. The van der Waals surface area contributed by atoms with Gasteiger partial charge >= 0.3 is 0 Å². The van der Waals surface area contributed by atoms with Crippen LogP contribution in [0, 0.1) is 0 Å². The van der Waals surface area contributed by atoms with E-state index in [0.717, 1.165) is 19.4 Å². The topological polar surface area (TPSA) is 12.0 Å². The molecule has 0 spiro atoms. The summed E-state index contributed by atoms with van der Waals surface area (Å²) in [5, 5.41) is 3.58. The Morgan fingerprint density at radius 2 is 1.74 bits per heavy atom. The predicted octanol–water partition coefficient (Wildman–Crippen LogP) is 4.97. The third-order valence-corrected chi connectivity index (χ3v) is 5.00. The Morgan fingerprint density at radius 3 is 2.26 bits per heavy atom. The lowest BCUT2D eigenvalue weighted by molar-refractivity contribution is 0.558. The van der Waals surface area contributed by atoms with Gasteiger partial charge in [-0.2, -0.15) is 0 Å². The summed E-state index contributed by atoms with van der Waals surface area (Å²) in [7, 11) is 0. The van der Waals surface area contributed by atoms with Gasteiger partial charge in [0.15, 0.2) is 0 Å². The number of halogens is 1. The normalized spacial score (nSPS) is 12.6. The zero-order chi connectivity index (χ0) is 13.7. The second kappa shape index (κ2) is 7.22. The molecular weight excluding hydrogens is 318 g/mol. The van der Waals surface area contributed by atoms with E-state index in [2.05, 4.69) is 71.5 Å². The van der Waals surface area contributed by atoms with Crippen molar-refractivity contribution in [2.45, 2.75) is 32.7 Å². The van der Waals surface area contributed by atoms with E-state index in [4.69, 9.17) is 0 Å². The molecule has 0 bridgehead atoms. The highest BCUT2D eigenvalue weighted by atomic mass is 79.9. The summed E-state index contributed by atoms with van der Waals surface area (Å²) < 4.78 is 1.20. The van der Waals surface area contributed by atoms with Gasteiger partial charge < -0.3 is 5.32 Å². The third-order valence-electron chi connectivity index (χ3n) is 3.26. The fourth-order valence-electron chi connectivity index (χ4n) is 2.18. The first-order valence-electron chi connectivity index (χ1n) is 6.79. The third kappa shape index (κ3) is 4.16. The van der Waals surface area contributed by atoms with Gasteiger partial charge in [-0.1, -0.05) is 38.1 Å². The summed E-state index contributed by atoms with van der Waals surface area (Å²) >= 11 is 5.36. The van der Waals surface area contributed by atoms with E-state index in [-0.39, 0.29) is 0 Å². The number of benzene rings is 1. The van der Waals surface area contributed by atoms with Crippen molar-refractivity contribution in [1.29, 1.82) is 0 Å². The molecule has 0 amide bonds. The fourth-order valence-corrected chi connectivity index (χ4v) is 3.68. The predicted molar refractivity (Wildman–Crippen MR) is 88.0 cm³/mol. The molecule has 1 unspecified atom stereocenters. The van der Waals surface area contributed by atoms with Crippen LogP contribution >= 0.6 is 27.3 Å². The van der Waals surface area contributed by atoms with Gasteiger partial charge in [0, 0.05) is 10.9 Å². The highest BCUT2D eigenvalue weighted by Gasteiger charge is 2.13. The van der Waals surface area contributed by atoms with Gasteiger partial charge in [-0.3, -0.25) is 0 Å². The van der Waals surface area contributed by atoms with E-state index in [1.54, 1.807) is 0 Å². The summed E-state index contributed by atoms with van der Waals surface area (Å²) in [5.74, 6) is 0. The number of rotatable bonds is 6.